The first-order chi connectivity index (χ1) is 6.36. The van der Waals surface area contributed by atoms with Crippen molar-refractivity contribution in [2.24, 2.45) is 0 Å². The third-order valence-electron chi connectivity index (χ3n) is 2.31. The van der Waals surface area contributed by atoms with E-state index < -0.39 is 0 Å². The Kier molecular flexibility index (Phi) is 7.59. The van der Waals surface area contributed by atoms with Gasteiger partial charge in [0.2, 0.25) is 0 Å². The van der Waals surface area contributed by atoms with E-state index in [0.29, 0.717) is 0 Å². The molecule has 1 aliphatic rings. The minimum absolute atomic E-state index is 0. The number of aromatic nitrogens is 1. The number of ether oxygens (including phenoxy) is 1. The molecular formula is C11H15BrNOZn-. The maximum atomic E-state index is 5.66. The van der Waals surface area contributed by atoms with Gasteiger partial charge in [-0.1, -0.05) is 0 Å². The fraction of sp³-hybridized carbons (Fsp3) is 0.455. The molecule has 2 heterocycles. The Bertz CT molecular complexity index is 290. The molecule has 80 valence electrons. The standard InChI is InChI=1S/C11H14NO.BrH.Zn/c1-9-8-10(5-6-12-9)11-4-2-3-7-13-11;;/h2,5-6,8,11H,3-4,7H2,1H3;1H;/q-1;;/t11-;;/m0../s1. The summed E-state index contributed by atoms with van der Waals surface area (Å²) >= 11 is 0. The fourth-order valence-corrected chi connectivity index (χ4v) is 1.63. The molecule has 0 aliphatic carbocycles. The zero-order chi connectivity index (χ0) is 9.10. The minimum atomic E-state index is 0. The molecule has 1 atom stereocenters. The minimum Gasteiger partial charge on any atom is -0.379 e. The molecule has 0 unspecified atom stereocenters. The molecule has 1 aromatic heterocycles. The number of hydrogen-bond acceptors (Lipinski definition) is 2. The normalized spacial score (nSPS) is 19.9. The van der Waals surface area contributed by atoms with Gasteiger partial charge in [-0.3, -0.25) is 4.98 Å². The average Bonchev–Trinajstić information content (AvgIpc) is 2.19. The Labute approximate surface area is 114 Å². The summed E-state index contributed by atoms with van der Waals surface area (Å²) in [5.41, 5.74) is 2.31. The molecule has 0 saturated carbocycles. The summed E-state index contributed by atoms with van der Waals surface area (Å²) in [5.74, 6) is 0. The molecule has 0 N–H and O–H groups in total. The third-order valence-corrected chi connectivity index (χ3v) is 2.31. The number of rotatable bonds is 1. The van der Waals surface area contributed by atoms with Gasteiger partial charge in [0.1, 0.15) is 0 Å². The van der Waals surface area contributed by atoms with E-state index in [1.807, 2.05) is 19.2 Å². The van der Waals surface area contributed by atoms with Crippen LogP contribution in [-0.2, 0) is 24.2 Å². The van der Waals surface area contributed by atoms with E-state index in [4.69, 9.17) is 4.74 Å². The quantitative estimate of drug-likeness (QED) is 0.586. The van der Waals surface area contributed by atoms with Crippen LogP contribution in [0.3, 0.4) is 0 Å². The molecule has 1 aliphatic heterocycles. The van der Waals surface area contributed by atoms with Crippen LogP contribution in [0.2, 0.25) is 0 Å². The predicted octanol–water partition coefficient (Wildman–Crippen LogP) is 3.02. The zero-order valence-corrected chi connectivity index (χ0v) is 13.7. The average molecular weight is 323 g/mol. The second kappa shape index (κ2) is 7.48. The molecule has 0 aromatic carbocycles. The Morgan fingerprint density at radius 3 is 2.93 bits per heavy atom. The van der Waals surface area contributed by atoms with Crippen LogP contribution in [0.15, 0.2) is 18.3 Å². The SMILES string of the molecule is Br.Cc1cc([C@@H]2C[CH-]CCO2)ccn1.[Zn]. The number of nitrogens with zero attached hydrogens (tertiary/aromatic N) is 1. The first-order valence-corrected chi connectivity index (χ1v) is 4.72. The predicted molar refractivity (Wildman–Crippen MR) is 61.5 cm³/mol. The summed E-state index contributed by atoms with van der Waals surface area (Å²) in [4.78, 5) is 4.17. The van der Waals surface area contributed by atoms with Gasteiger partial charge in [-0.2, -0.15) is 6.42 Å². The van der Waals surface area contributed by atoms with Gasteiger partial charge in [-0.25, -0.2) is 0 Å². The second-order valence-corrected chi connectivity index (χ2v) is 3.40. The molecule has 2 rings (SSSR count). The van der Waals surface area contributed by atoms with Crippen molar-refractivity contribution in [3.8, 4) is 0 Å². The van der Waals surface area contributed by atoms with E-state index in [1.54, 1.807) is 0 Å². The summed E-state index contributed by atoms with van der Waals surface area (Å²) in [6.45, 7) is 2.86. The summed E-state index contributed by atoms with van der Waals surface area (Å²) < 4.78 is 5.66. The Balaban J connectivity index is 0.000000980. The molecule has 15 heavy (non-hydrogen) atoms. The van der Waals surface area contributed by atoms with Gasteiger partial charge < -0.3 is 11.2 Å². The van der Waals surface area contributed by atoms with Gasteiger partial charge in [0.05, 0.1) is 6.10 Å². The number of pyridine rings is 1. The molecule has 0 bridgehead atoms. The monoisotopic (exact) mass is 320 g/mol. The Morgan fingerprint density at radius 1 is 1.53 bits per heavy atom. The number of aryl methyl sites for hydroxylation is 1. The molecule has 1 fully saturated rings. The van der Waals surface area contributed by atoms with Crippen LogP contribution in [0.1, 0.15) is 30.2 Å². The van der Waals surface area contributed by atoms with E-state index in [0.717, 1.165) is 25.1 Å². The molecular weight excluding hydrogens is 307 g/mol. The molecule has 0 amide bonds. The molecule has 1 aromatic rings. The van der Waals surface area contributed by atoms with Crippen LogP contribution in [-0.4, -0.2) is 11.6 Å². The molecule has 4 heteroatoms. The fourth-order valence-electron chi connectivity index (χ4n) is 1.63. The van der Waals surface area contributed by atoms with Gasteiger partial charge in [0.25, 0.3) is 0 Å². The van der Waals surface area contributed by atoms with Crippen LogP contribution in [0.4, 0.5) is 0 Å². The van der Waals surface area contributed by atoms with Crippen molar-refractivity contribution in [3.63, 3.8) is 0 Å². The third kappa shape index (κ3) is 4.30. The molecule has 2 nitrogen and oxygen atoms in total. The van der Waals surface area contributed by atoms with Gasteiger partial charge in [0, 0.05) is 38.0 Å². The zero-order valence-electron chi connectivity index (χ0n) is 8.98. The number of halogens is 1. The maximum Gasteiger partial charge on any atom is 0.0556 e. The summed E-state index contributed by atoms with van der Waals surface area (Å²) in [6, 6.07) is 4.14. The topological polar surface area (TPSA) is 22.1 Å². The van der Waals surface area contributed by atoms with Crippen LogP contribution >= 0.6 is 17.0 Å². The summed E-state index contributed by atoms with van der Waals surface area (Å²) in [5, 5.41) is 0. The Hall–Kier alpha value is 0.213. The van der Waals surface area contributed by atoms with Crippen molar-refractivity contribution in [2.75, 3.05) is 6.61 Å². The molecule has 0 spiro atoms. The van der Waals surface area contributed by atoms with Crippen molar-refractivity contribution >= 4 is 17.0 Å². The van der Waals surface area contributed by atoms with Gasteiger partial charge in [0.15, 0.2) is 0 Å². The van der Waals surface area contributed by atoms with E-state index in [2.05, 4.69) is 17.5 Å². The molecule has 1 saturated heterocycles. The van der Waals surface area contributed by atoms with E-state index in [9.17, 15) is 0 Å². The van der Waals surface area contributed by atoms with E-state index in [-0.39, 0.29) is 42.6 Å². The van der Waals surface area contributed by atoms with Gasteiger partial charge in [-0.05, 0) is 24.6 Å². The summed E-state index contributed by atoms with van der Waals surface area (Å²) in [6.07, 6.45) is 6.52. The second-order valence-electron chi connectivity index (χ2n) is 3.40. The molecule has 0 radical (unpaired) electrons. The first kappa shape index (κ1) is 15.2. The van der Waals surface area contributed by atoms with Gasteiger partial charge in [-0.15, -0.1) is 23.4 Å². The van der Waals surface area contributed by atoms with Crippen LogP contribution in [0, 0.1) is 13.3 Å². The van der Waals surface area contributed by atoms with Crippen molar-refractivity contribution in [1.82, 2.24) is 4.98 Å². The van der Waals surface area contributed by atoms with Crippen LogP contribution in [0.25, 0.3) is 0 Å². The van der Waals surface area contributed by atoms with Crippen molar-refractivity contribution in [1.29, 1.82) is 0 Å². The van der Waals surface area contributed by atoms with E-state index in [1.165, 1.54) is 5.56 Å². The van der Waals surface area contributed by atoms with Crippen LogP contribution in [0.5, 0.6) is 0 Å². The van der Waals surface area contributed by atoms with E-state index >= 15 is 0 Å². The first-order valence-electron chi connectivity index (χ1n) is 4.72. The largest absolute Gasteiger partial charge is 0.379 e. The van der Waals surface area contributed by atoms with Gasteiger partial charge >= 0.3 is 0 Å². The Morgan fingerprint density at radius 2 is 2.33 bits per heavy atom. The number of hydrogen-bond donors (Lipinski definition) is 0. The summed E-state index contributed by atoms with van der Waals surface area (Å²) in [7, 11) is 0. The smallest absolute Gasteiger partial charge is 0.0556 e. The maximum absolute atomic E-state index is 5.66. The van der Waals surface area contributed by atoms with Crippen molar-refractivity contribution < 1.29 is 24.2 Å². The van der Waals surface area contributed by atoms with Crippen LogP contribution < -0.4 is 0 Å². The van der Waals surface area contributed by atoms with Crippen molar-refractivity contribution in [2.45, 2.75) is 25.9 Å². The van der Waals surface area contributed by atoms with Crippen molar-refractivity contribution in [3.05, 3.63) is 36.0 Å².